The smallest absolute Gasteiger partial charge is 0.175 e. The summed E-state index contributed by atoms with van der Waals surface area (Å²) >= 11 is 0. The second kappa shape index (κ2) is 8.09. The summed E-state index contributed by atoms with van der Waals surface area (Å²) in [6.45, 7) is 1.95. The van der Waals surface area contributed by atoms with Gasteiger partial charge in [-0.2, -0.15) is 0 Å². The van der Waals surface area contributed by atoms with E-state index in [-0.39, 0.29) is 4.90 Å². The van der Waals surface area contributed by atoms with Gasteiger partial charge >= 0.3 is 0 Å². The molecule has 0 spiro atoms. The quantitative estimate of drug-likeness (QED) is 0.392. The number of nitrogens with zero attached hydrogens (tertiary/aromatic N) is 2. The number of aldehydes is 1. The molecule has 2 heterocycles. The van der Waals surface area contributed by atoms with Gasteiger partial charge in [0.1, 0.15) is 12.0 Å². The predicted octanol–water partition coefficient (Wildman–Crippen LogP) is 4.00. The standard InChI is InChI=1S/C24H19N3O3S/c1-17-5-6-18(16-28)14-19(17)7-10-21-15-25-24-23(4-3-13-27(21)24)26-20-8-11-22(12-9-20)31(2,29)30/h3-6,8-9,11-16,26H,1-2H3. The summed E-state index contributed by atoms with van der Waals surface area (Å²) in [5.74, 6) is 6.26. The van der Waals surface area contributed by atoms with Crippen LogP contribution in [-0.2, 0) is 9.84 Å². The number of benzene rings is 2. The molecular formula is C24H19N3O3S. The van der Waals surface area contributed by atoms with E-state index >= 15 is 0 Å². The fourth-order valence-electron chi connectivity index (χ4n) is 3.12. The number of imidazole rings is 1. The van der Waals surface area contributed by atoms with Crippen molar-refractivity contribution in [2.45, 2.75) is 11.8 Å². The van der Waals surface area contributed by atoms with E-state index in [2.05, 4.69) is 22.1 Å². The molecule has 0 fully saturated rings. The number of aryl methyl sites for hydroxylation is 1. The number of carbonyl (C=O) groups is 1. The van der Waals surface area contributed by atoms with Crippen LogP contribution in [0.1, 0.15) is 27.2 Å². The number of aromatic nitrogens is 2. The van der Waals surface area contributed by atoms with Crippen molar-refractivity contribution in [1.82, 2.24) is 9.38 Å². The number of hydrogen-bond donors (Lipinski definition) is 1. The minimum Gasteiger partial charge on any atom is -0.352 e. The van der Waals surface area contributed by atoms with Crippen LogP contribution in [0, 0.1) is 18.8 Å². The normalized spacial score (nSPS) is 11.0. The van der Waals surface area contributed by atoms with Crippen molar-refractivity contribution >= 4 is 33.1 Å². The Labute approximate surface area is 180 Å². The van der Waals surface area contributed by atoms with E-state index < -0.39 is 9.84 Å². The van der Waals surface area contributed by atoms with Crippen LogP contribution in [-0.4, -0.2) is 30.3 Å². The molecule has 0 unspecified atom stereocenters. The maximum absolute atomic E-state index is 11.6. The van der Waals surface area contributed by atoms with Gasteiger partial charge in [-0.15, -0.1) is 0 Å². The monoisotopic (exact) mass is 429 g/mol. The molecule has 0 amide bonds. The van der Waals surface area contributed by atoms with Crippen LogP contribution in [0.5, 0.6) is 0 Å². The zero-order valence-corrected chi connectivity index (χ0v) is 17.8. The Hall–Kier alpha value is -3.89. The second-order valence-corrected chi connectivity index (χ2v) is 9.14. The first kappa shape index (κ1) is 20.4. The highest BCUT2D eigenvalue weighted by Gasteiger charge is 2.09. The van der Waals surface area contributed by atoms with Gasteiger partial charge in [0.15, 0.2) is 15.5 Å². The van der Waals surface area contributed by atoms with Crippen LogP contribution < -0.4 is 5.32 Å². The van der Waals surface area contributed by atoms with Crippen LogP contribution >= 0.6 is 0 Å². The van der Waals surface area contributed by atoms with Crippen LogP contribution in [0.2, 0.25) is 0 Å². The Balaban J connectivity index is 1.66. The van der Waals surface area contributed by atoms with Crippen molar-refractivity contribution in [3.05, 3.63) is 89.4 Å². The van der Waals surface area contributed by atoms with Crippen molar-refractivity contribution in [1.29, 1.82) is 0 Å². The van der Waals surface area contributed by atoms with Gasteiger partial charge in [0.2, 0.25) is 0 Å². The molecule has 7 heteroatoms. The number of nitrogens with one attached hydrogen (secondary N) is 1. The average molecular weight is 430 g/mol. The maximum atomic E-state index is 11.6. The van der Waals surface area contributed by atoms with Crippen LogP contribution in [0.3, 0.4) is 0 Å². The Bertz CT molecular complexity index is 1460. The number of hydrogen-bond acceptors (Lipinski definition) is 5. The van der Waals surface area contributed by atoms with Gasteiger partial charge in [-0.05, 0) is 60.9 Å². The van der Waals surface area contributed by atoms with E-state index in [1.807, 2.05) is 35.7 Å². The van der Waals surface area contributed by atoms with Crippen molar-refractivity contribution in [3.63, 3.8) is 0 Å². The first-order valence-electron chi connectivity index (χ1n) is 9.46. The van der Waals surface area contributed by atoms with E-state index in [1.165, 1.54) is 6.26 Å². The van der Waals surface area contributed by atoms with Crippen molar-refractivity contribution in [3.8, 4) is 11.8 Å². The Morgan fingerprint density at radius 3 is 2.55 bits per heavy atom. The van der Waals surface area contributed by atoms with Crippen molar-refractivity contribution < 1.29 is 13.2 Å². The van der Waals surface area contributed by atoms with Gasteiger partial charge < -0.3 is 5.32 Å². The highest BCUT2D eigenvalue weighted by atomic mass is 32.2. The summed E-state index contributed by atoms with van der Waals surface area (Å²) in [6.07, 6.45) is 5.55. The molecule has 0 saturated carbocycles. The highest BCUT2D eigenvalue weighted by Crippen LogP contribution is 2.23. The maximum Gasteiger partial charge on any atom is 0.175 e. The Morgan fingerprint density at radius 1 is 1.06 bits per heavy atom. The molecule has 154 valence electrons. The molecule has 0 aliphatic heterocycles. The lowest BCUT2D eigenvalue weighted by Crippen LogP contribution is -1.98. The van der Waals surface area contributed by atoms with Crippen molar-refractivity contribution in [2.75, 3.05) is 11.6 Å². The summed E-state index contributed by atoms with van der Waals surface area (Å²) in [7, 11) is -3.24. The molecule has 0 radical (unpaired) electrons. The molecular weight excluding hydrogens is 410 g/mol. The molecule has 31 heavy (non-hydrogen) atoms. The van der Waals surface area contributed by atoms with Gasteiger partial charge in [0.25, 0.3) is 0 Å². The third-order valence-corrected chi connectivity index (χ3v) is 5.95. The lowest BCUT2D eigenvalue weighted by Gasteiger charge is -2.08. The van der Waals surface area contributed by atoms with E-state index in [9.17, 15) is 13.2 Å². The summed E-state index contributed by atoms with van der Waals surface area (Å²) in [5.41, 5.74) is 5.28. The fourth-order valence-corrected chi connectivity index (χ4v) is 3.75. The molecule has 6 nitrogen and oxygen atoms in total. The number of sulfone groups is 1. The highest BCUT2D eigenvalue weighted by molar-refractivity contribution is 7.90. The molecule has 4 aromatic rings. The molecule has 0 bridgehead atoms. The second-order valence-electron chi connectivity index (χ2n) is 7.12. The van der Waals surface area contributed by atoms with Crippen LogP contribution in [0.4, 0.5) is 11.4 Å². The molecule has 0 aliphatic carbocycles. The minimum absolute atomic E-state index is 0.267. The number of rotatable bonds is 4. The summed E-state index contributed by atoms with van der Waals surface area (Å²) in [4.78, 5) is 15.8. The molecule has 0 atom stereocenters. The van der Waals surface area contributed by atoms with Gasteiger partial charge in [0.05, 0.1) is 16.8 Å². The summed E-state index contributed by atoms with van der Waals surface area (Å²) < 4.78 is 25.1. The third kappa shape index (κ3) is 4.34. The van der Waals surface area contributed by atoms with Gasteiger partial charge in [-0.25, -0.2) is 13.4 Å². The molecule has 4 rings (SSSR count). The molecule has 0 aliphatic rings. The predicted molar refractivity (Wildman–Crippen MR) is 121 cm³/mol. The largest absolute Gasteiger partial charge is 0.352 e. The van der Waals surface area contributed by atoms with Gasteiger partial charge in [0, 0.05) is 29.3 Å². The SMILES string of the molecule is Cc1ccc(C=O)cc1C#Cc1cnc2c(Nc3ccc(S(C)(=O)=O)cc3)cccn12. The van der Waals surface area contributed by atoms with Gasteiger partial charge in [-0.3, -0.25) is 9.20 Å². The third-order valence-electron chi connectivity index (χ3n) is 4.82. The van der Waals surface area contributed by atoms with Gasteiger partial charge in [-0.1, -0.05) is 18.1 Å². The zero-order chi connectivity index (χ0) is 22.0. The lowest BCUT2D eigenvalue weighted by atomic mass is 10.1. The number of anilines is 2. The first-order valence-corrected chi connectivity index (χ1v) is 11.4. The molecule has 1 N–H and O–H groups in total. The number of fused-ring (bicyclic) bond motifs is 1. The molecule has 2 aromatic heterocycles. The van der Waals surface area contributed by atoms with E-state index in [1.54, 1.807) is 42.6 Å². The zero-order valence-electron chi connectivity index (χ0n) is 17.0. The number of carbonyl (C=O) groups excluding carboxylic acids is 1. The average Bonchev–Trinajstić information content (AvgIpc) is 3.17. The molecule has 0 saturated heterocycles. The van der Waals surface area contributed by atoms with Crippen molar-refractivity contribution in [2.24, 2.45) is 0 Å². The van der Waals surface area contributed by atoms with E-state index in [0.29, 0.717) is 16.9 Å². The minimum atomic E-state index is -3.24. The first-order chi connectivity index (χ1) is 14.8. The summed E-state index contributed by atoms with van der Waals surface area (Å²) in [6, 6.07) is 15.7. The Morgan fingerprint density at radius 2 is 1.84 bits per heavy atom. The Kier molecular flexibility index (Phi) is 5.32. The van der Waals surface area contributed by atoms with Crippen LogP contribution in [0.15, 0.2) is 71.9 Å². The lowest BCUT2D eigenvalue weighted by molar-refractivity contribution is 0.112. The van der Waals surface area contributed by atoms with E-state index in [4.69, 9.17) is 0 Å². The number of pyridine rings is 1. The topological polar surface area (TPSA) is 80.5 Å². The fraction of sp³-hybridized carbons (Fsp3) is 0.0833. The summed E-state index contributed by atoms with van der Waals surface area (Å²) in [5, 5.41) is 3.27. The van der Waals surface area contributed by atoms with E-state index in [0.717, 1.165) is 28.8 Å². The van der Waals surface area contributed by atoms with Crippen LogP contribution in [0.25, 0.3) is 5.65 Å². The molecule has 2 aromatic carbocycles.